The molecule has 1 saturated heterocycles. The number of morpholine rings is 1. The number of rotatable bonds is 5. The summed E-state index contributed by atoms with van der Waals surface area (Å²) in [6.07, 6.45) is -0.188. The predicted octanol–water partition coefficient (Wildman–Crippen LogP) is 0.144. The standard InChI is InChI=1S/C9H20BN2O4P/c1-11(2)17(13,15-4)12-5-8(7-14-3)16-9(10)6-12/h8-9H,5-7H2,1-4H3. The van der Waals surface area contributed by atoms with Crippen LogP contribution in [-0.2, 0) is 18.6 Å². The summed E-state index contributed by atoms with van der Waals surface area (Å²) in [6, 6.07) is -0.479. The van der Waals surface area contributed by atoms with Gasteiger partial charge in [0.05, 0.1) is 12.7 Å². The molecule has 17 heavy (non-hydrogen) atoms. The molecule has 0 aliphatic carbocycles. The van der Waals surface area contributed by atoms with Gasteiger partial charge in [-0.05, 0) is 14.1 Å². The summed E-state index contributed by atoms with van der Waals surface area (Å²) in [5.41, 5.74) is 0. The molecule has 0 bridgehead atoms. The maximum absolute atomic E-state index is 12.6. The van der Waals surface area contributed by atoms with Crippen LogP contribution in [0, 0.1) is 0 Å². The average molecular weight is 262 g/mol. The van der Waals surface area contributed by atoms with Crippen LogP contribution >= 0.6 is 7.67 Å². The van der Waals surface area contributed by atoms with Crippen LogP contribution in [0.25, 0.3) is 0 Å². The molecular weight excluding hydrogens is 242 g/mol. The quantitative estimate of drug-likeness (QED) is 0.519. The van der Waals surface area contributed by atoms with E-state index in [0.29, 0.717) is 19.7 Å². The fourth-order valence-electron chi connectivity index (χ4n) is 1.87. The lowest BCUT2D eigenvalue weighted by Gasteiger charge is -2.41. The molecule has 1 aliphatic rings. The van der Waals surface area contributed by atoms with E-state index in [4.69, 9.17) is 21.8 Å². The van der Waals surface area contributed by atoms with Gasteiger partial charge >= 0.3 is 7.67 Å². The Balaban J connectivity index is 2.78. The Morgan fingerprint density at radius 1 is 1.47 bits per heavy atom. The highest BCUT2D eigenvalue weighted by molar-refractivity contribution is 7.53. The molecular formula is C9H20BN2O4P. The molecule has 1 heterocycles. The van der Waals surface area contributed by atoms with E-state index in [-0.39, 0.29) is 6.10 Å². The molecule has 8 heteroatoms. The van der Waals surface area contributed by atoms with Gasteiger partial charge in [-0.15, -0.1) is 0 Å². The molecule has 98 valence electrons. The zero-order valence-electron chi connectivity index (χ0n) is 10.8. The Hall–Kier alpha value is 0.0949. The lowest BCUT2D eigenvalue weighted by atomic mass is 9.98. The molecule has 0 aromatic heterocycles. The number of hydrogen-bond acceptors (Lipinski definition) is 4. The normalized spacial score (nSPS) is 30.4. The van der Waals surface area contributed by atoms with Gasteiger partial charge in [0.15, 0.2) is 0 Å². The summed E-state index contributed by atoms with van der Waals surface area (Å²) < 4.78 is 31.6. The third-order valence-electron chi connectivity index (χ3n) is 2.63. The molecule has 1 rings (SSSR count). The molecule has 1 fully saturated rings. The van der Waals surface area contributed by atoms with Gasteiger partial charge in [0.1, 0.15) is 7.85 Å². The van der Waals surface area contributed by atoms with Gasteiger partial charge in [-0.3, -0.25) is 4.57 Å². The zero-order chi connectivity index (χ0) is 13.1. The SMILES string of the molecule is [B]C1CN(P(=O)(OC)N(C)C)CC(COC)O1. The van der Waals surface area contributed by atoms with E-state index in [1.54, 1.807) is 30.5 Å². The second kappa shape index (κ2) is 6.32. The molecule has 2 radical (unpaired) electrons. The van der Waals surface area contributed by atoms with Crippen LogP contribution in [0.15, 0.2) is 0 Å². The first-order valence-electron chi connectivity index (χ1n) is 5.43. The van der Waals surface area contributed by atoms with Crippen molar-refractivity contribution in [3.8, 4) is 0 Å². The van der Waals surface area contributed by atoms with Crippen LogP contribution < -0.4 is 0 Å². The number of ether oxygens (including phenoxy) is 2. The molecule has 0 N–H and O–H groups in total. The Kier molecular flexibility index (Phi) is 5.63. The Morgan fingerprint density at radius 3 is 2.59 bits per heavy atom. The Bertz CT molecular complexity index is 292. The fourth-order valence-corrected chi connectivity index (χ4v) is 3.69. The van der Waals surface area contributed by atoms with Gasteiger partial charge in [0, 0.05) is 33.3 Å². The van der Waals surface area contributed by atoms with Crippen LogP contribution in [0.4, 0.5) is 0 Å². The van der Waals surface area contributed by atoms with E-state index in [0.717, 1.165) is 0 Å². The van der Waals surface area contributed by atoms with Crippen LogP contribution in [0.2, 0.25) is 0 Å². The summed E-state index contributed by atoms with van der Waals surface area (Å²) in [6.45, 7) is 1.27. The van der Waals surface area contributed by atoms with Crippen molar-refractivity contribution in [2.75, 3.05) is 48.0 Å². The summed E-state index contributed by atoms with van der Waals surface area (Å²) in [4.78, 5) is 0. The van der Waals surface area contributed by atoms with Crippen molar-refractivity contribution >= 4 is 15.5 Å². The van der Waals surface area contributed by atoms with E-state index in [9.17, 15) is 4.57 Å². The summed E-state index contributed by atoms with van der Waals surface area (Å²) in [5, 5.41) is 0. The lowest BCUT2D eigenvalue weighted by molar-refractivity contribution is -0.0626. The molecule has 0 saturated carbocycles. The first kappa shape index (κ1) is 15.2. The number of nitrogens with zero attached hydrogens (tertiary/aromatic N) is 2. The Labute approximate surface area is 104 Å². The number of hydrogen-bond donors (Lipinski definition) is 0. The second-order valence-corrected chi connectivity index (χ2v) is 6.86. The van der Waals surface area contributed by atoms with Crippen LogP contribution in [-0.4, -0.2) is 77.3 Å². The highest BCUT2D eigenvalue weighted by Gasteiger charge is 2.39. The lowest BCUT2D eigenvalue weighted by Crippen LogP contribution is -2.49. The van der Waals surface area contributed by atoms with E-state index in [1.165, 1.54) is 7.11 Å². The van der Waals surface area contributed by atoms with Crippen molar-refractivity contribution in [2.24, 2.45) is 0 Å². The second-order valence-electron chi connectivity index (χ2n) is 4.14. The molecule has 0 aromatic carbocycles. The average Bonchev–Trinajstić information content (AvgIpc) is 2.27. The van der Waals surface area contributed by atoms with Crippen molar-refractivity contribution in [1.29, 1.82) is 0 Å². The van der Waals surface area contributed by atoms with Gasteiger partial charge in [-0.25, -0.2) is 9.34 Å². The Morgan fingerprint density at radius 2 is 2.12 bits per heavy atom. The third kappa shape index (κ3) is 3.53. The van der Waals surface area contributed by atoms with Gasteiger partial charge in [0.25, 0.3) is 0 Å². The summed E-state index contributed by atoms with van der Waals surface area (Å²) in [5.74, 6) is 0. The van der Waals surface area contributed by atoms with E-state index >= 15 is 0 Å². The minimum absolute atomic E-state index is 0.188. The van der Waals surface area contributed by atoms with Crippen molar-refractivity contribution in [3.63, 3.8) is 0 Å². The molecule has 6 nitrogen and oxygen atoms in total. The largest absolute Gasteiger partial charge is 0.382 e. The molecule has 0 spiro atoms. The molecule has 3 atom stereocenters. The molecule has 1 aliphatic heterocycles. The molecule has 0 amide bonds. The fraction of sp³-hybridized carbons (Fsp3) is 1.00. The highest BCUT2D eigenvalue weighted by Crippen LogP contribution is 2.52. The van der Waals surface area contributed by atoms with Crippen LogP contribution in [0.1, 0.15) is 0 Å². The smallest absolute Gasteiger partial charge is 0.345 e. The number of methoxy groups -OCH3 is 1. The highest BCUT2D eigenvalue weighted by atomic mass is 31.2. The monoisotopic (exact) mass is 262 g/mol. The zero-order valence-corrected chi connectivity index (χ0v) is 11.7. The van der Waals surface area contributed by atoms with Crippen molar-refractivity contribution in [3.05, 3.63) is 0 Å². The van der Waals surface area contributed by atoms with E-state index in [2.05, 4.69) is 0 Å². The first-order chi connectivity index (χ1) is 7.93. The van der Waals surface area contributed by atoms with Gasteiger partial charge < -0.3 is 14.0 Å². The predicted molar refractivity (Wildman–Crippen MR) is 66.2 cm³/mol. The van der Waals surface area contributed by atoms with Crippen LogP contribution in [0.3, 0.4) is 0 Å². The van der Waals surface area contributed by atoms with Crippen molar-refractivity contribution in [1.82, 2.24) is 9.34 Å². The molecule has 3 unspecified atom stereocenters. The van der Waals surface area contributed by atoms with Gasteiger partial charge in [0.2, 0.25) is 0 Å². The van der Waals surface area contributed by atoms with E-state index in [1.807, 2.05) is 0 Å². The van der Waals surface area contributed by atoms with E-state index < -0.39 is 13.7 Å². The van der Waals surface area contributed by atoms with Crippen molar-refractivity contribution in [2.45, 2.75) is 12.1 Å². The third-order valence-corrected chi connectivity index (χ3v) is 5.15. The van der Waals surface area contributed by atoms with Crippen molar-refractivity contribution < 1.29 is 18.6 Å². The molecule has 0 aromatic rings. The summed E-state index contributed by atoms with van der Waals surface area (Å²) in [7, 11) is 9.26. The maximum Gasteiger partial charge on any atom is 0.345 e. The summed E-state index contributed by atoms with van der Waals surface area (Å²) >= 11 is 0. The van der Waals surface area contributed by atoms with Gasteiger partial charge in [-0.2, -0.15) is 0 Å². The van der Waals surface area contributed by atoms with Gasteiger partial charge in [-0.1, -0.05) is 0 Å². The minimum atomic E-state index is -2.99. The van der Waals surface area contributed by atoms with Crippen LogP contribution in [0.5, 0.6) is 0 Å². The topological polar surface area (TPSA) is 51.2 Å². The minimum Gasteiger partial charge on any atom is -0.382 e. The maximum atomic E-state index is 12.6. The first-order valence-corrected chi connectivity index (χ1v) is 6.96.